The van der Waals surface area contributed by atoms with Gasteiger partial charge in [0.25, 0.3) is 0 Å². The number of Topliss-reactive ketones (excluding diaryl/α,β-unsaturated/α-hetero) is 1. The Morgan fingerprint density at radius 1 is 1.70 bits per heavy atom. The van der Waals surface area contributed by atoms with Crippen molar-refractivity contribution in [3.05, 3.63) is 0 Å². The number of hydrogen-bond donors (Lipinski definition) is 2. The van der Waals surface area contributed by atoms with Crippen molar-refractivity contribution in [2.24, 2.45) is 0 Å². The highest BCUT2D eigenvalue weighted by atomic mass is 16.3. The summed E-state index contributed by atoms with van der Waals surface area (Å²) in [4.78, 5) is 10.7. The maximum atomic E-state index is 10.7. The summed E-state index contributed by atoms with van der Waals surface area (Å²) < 4.78 is 0. The monoisotopic (exact) mass is 143 g/mol. The molecule has 0 aromatic rings. The van der Waals surface area contributed by atoms with Gasteiger partial charge in [0, 0.05) is 12.5 Å². The Labute approximate surface area is 60.4 Å². The molecule has 1 fully saturated rings. The molecule has 1 aliphatic heterocycles. The SMILES string of the molecule is CC(C)(O)[C@@H]1CC(=O)CN1. The second-order valence-electron chi connectivity index (χ2n) is 3.33. The van der Waals surface area contributed by atoms with Crippen LogP contribution in [-0.2, 0) is 4.79 Å². The van der Waals surface area contributed by atoms with E-state index in [-0.39, 0.29) is 11.8 Å². The second-order valence-corrected chi connectivity index (χ2v) is 3.33. The predicted molar refractivity (Wildman–Crippen MR) is 37.7 cm³/mol. The van der Waals surface area contributed by atoms with Gasteiger partial charge in [-0.1, -0.05) is 0 Å². The first-order valence-corrected chi connectivity index (χ1v) is 3.47. The van der Waals surface area contributed by atoms with Crippen LogP contribution < -0.4 is 5.32 Å². The fourth-order valence-electron chi connectivity index (χ4n) is 1.11. The average molecular weight is 143 g/mol. The van der Waals surface area contributed by atoms with Crippen molar-refractivity contribution < 1.29 is 9.90 Å². The summed E-state index contributed by atoms with van der Waals surface area (Å²) >= 11 is 0. The summed E-state index contributed by atoms with van der Waals surface area (Å²) in [5.74, 6) is 0.187. The number of hydrogen-bond acceptors (Lipinski definition) is 3. The van der Waals surface area contributed by atoms with Gasteiger partial charge in [0.2, 0.25) is 0 Å². The molecule has 0 unspecified atom stereocenters. The minimum atomic E-state index is -0.772. The minimum absolute atomic E-state index is 0.0556. The van der Waals surface area contributed by atoms with Crippen LogP contribution in [0.1, 0.15) is 20.3 Å². The Kier molecular flexibility index (Phi) is 1.79. The molecule has 0 aliphatic carbocycles. The predicted octanol–water partition coefficient (Wildman–Crippen LogP) is -0.312. The molecule has 1 rings (SSSR count). The number of carbonyl (C=O) groups is 1. The van der Waals surface area contributed by atoms with E-state index < -0.39 is 5.60 Å². The fourth-order valence-corrected chi connectivity index (χ4v) is 1.11. The highest BCUT2D eigenvalue weighted by Crippen LogP contribution is 2.15. The first kappa shape index (κ1) is 7.69. The molecule has 1 heterocycles. The molecule has 1 aliphatic rings. The molecule has 58 valence electrons. The average Bonchev–Trinajstić information content (AvgIpc) is 2.11. The van der Waals surface area contributed by atoms with Crippen LogP contribution in [0.3, 0.4) is 0 Å². The lowest BCUT2D eigenvalue weighted by Gasteiger charge is -2.24. The van der Waals surface area contributed by atoms with Gasteiger partial charge in [-0.15, -0.1) is 0 Å². The molecule has 1 atom stereocenters. The summed E-state index contributed by atoms with van der Waals surface area (Å²) in [7, 11) is 0. The van der Waals surface area contributed by atoms with Gasteiger partial charge in [-0.2, -0.15) is 0 Å². The third-order valence-corrected chi connectivity index (χ3v) is 1.83. The van der Waals surface area contributed by atoms with Crippen LogP contribution in [0.25, 0.3) is 0 Å². The van der Waals surface area contributed by atoms with E-state index in [4.69, 9.17) is 0 Å². The molecule has 0 spiro atoms. The molecule has 0 amide bonds. The normalized spacial score (nSPS) is 27.5. The Hall–Kier alpha value is -0.410. The van der Waals surface area contributed by atoms with E-state index in [0.29, 0.717) is 13.0 Å². The van der Waals surface area contributed by atoms with Crippen molar-refractivity contribution in [2.45, 2.75) is 31.9 Å². The maximum Gasteiger partial charge on any atom is 0.148 e. The lowest BCUT2D eigenvalue weighted by Crippen LogP contribution is -2.42. The van der Waals surface area contributed by atoms with Gasteiger partial charge in [0.1, 0.15) is 5.78 Å². The lowest BCUT2D eigenvalue weighted by atomic mass is 9.98. The van der Waals surface area contributed by atoms with E-state index in [0.717, 1.165) is 0 Å². The molecular weight excluding hydrogens is 130 g/mol. The highest BCUT2D eigenvalue weighted by Gasteiger charge is 2.32. The van der Waals surface area contributed by atoms with Gasteiger partial charge < -0.3 is 10.4 Å². The summed E-state index contributed by atoms with van der Waals surface area (Å²) in [5.41, 5.74) is -0.772. The third-order valence-electron chi connectivity index (χ3n) is 1.83. The highest BCUT2D eigenvalue weighted by molar-refractivity contribution is 5.83. The lowest BCUT2D eigenvalue weighted by molar-refractivity contribution is -0.116. The summed E-state index contributed by atoms with van der Waals surface area (Å²) in [6, 6.07) is -0.0556. The quantitative estimate of drug-likeness (QED) is 0.529. The summed E-state index contributed by atoms with van der Waals surface area (Å²) in [6.45, 7) is 3.83. The first-order valence-electron chi connectivity index (χ1n) is 3.47. The third kappa shape index (κ3) is 1.55. The van der Waals surface area contributed by atoms with Gasteiger partial charge >= 0.3 is 0 Å². The van der Waals surface area contributed by atoms with Crippen LogP contribution in [0.2, 0.25) is 0 Å². The Morgan fingerprint density at radius 3 is 2.50 bits per heavy atom. The van der Waals surface area contributed by atoms with Gasteiger partial charge in [-0.3, -0.25) is 4.79 Å². The molecule has 1 saturated heterocycles. The number of aliphatic hydroxyl groups is 1. The van der Waals surface area contributed by atoms with Crippen molar-refractivity contribution in [3.8, 4) is 0 Å². The molecule has 3 nitrogen and oxygen atoms in total. The second kappa shape index (κ2) is 2.32. The van der Waals surface area contributed by atoms with Gasteiger partial charge in [-0.05, 0) is 13.8 Å². The standard InChI is InChI=1S/C7H13NO2/c1-7(2,10)6-3-5(9)4-8-6/h6,8,10H,3-4H2,1-2H3/t6-/m0/s1. The van der Waals surface area contributed by atoms with Crippen LogP contribution in [-0.4, -0.2) is 29.1 Å². The first-order chi connectivity index (χ1) is 4.50. The Morgan fingerprint density at radius 2 is 2.30 bits per heavy atom. The molecule has 3 heteroatoms. The maximum absolute atomic E-state index is 10.7. The van der Waals surface area contributed by atoms with Crippen LogP contribution >= 0.6 is 0 Å². The zero-order valence-electron chi connectivity index (χ0n) is 6.35. The zero-order chi connectivity index (χ0) is 7.78. The largest absolute Gasteiger partial charge is 0.389 e. The summed E-state index contributed by atoms with van der Waals surface area (Å²) in [5, 5.41) is 12.4. The van der Waals surface area contributed by atoms with E-state index in [1.165, 1.54) is 0 Å². The van der Waals surface area contributed by atoms with E-state index in [1.54, 1.807) is 13.8 Å². The van der Waals surface area contributed by atoms with Crippen molar-refractivity contribution >= 4 is 5.78 Å². The number of rotatable bonds is 1. The number of nitrogens with one attached hydrogen (secondary N) is 1. The van der Waals surface area contributed by atoms with Crippen molar-refractivity contribution in [1.82, 2.24) is 5.32 Å². The minimum Gasteiger partial charge on any atom is -0.389 e. The molecule has 0 aromatic heterocycles. The molecule has 0 bridgehead atoms. The van der Waals surface area contributed by atoms with Crippen LogP contribution in [0.15, 0.2) is 0 Å². The van der Waals surface area contributed by atoms with Crippen LogP contribution in [0.5, 0.6) is 0 Å². The number of ketones is 1. The molecule has 0 radical (unpaired) electrons. The van der Waals surface area contributed by atoms with Gasteiger partial charge in [-0.25, -0.2) is 0 Å². The van der Waals surface area contributed by atoms with E-state index >= 15 is 0 Å². The molecule has 10 heavy (non-hydrogen) atoms. The topological polar surface area (TPSA) is 49.3 Å². The number of carbonyl (C=O) groups excluding carboxylic acids is 1. The smallest absolute Gasteiger partial charge is 0.148 e. The van der Waals surface area contributed by atoms with Crippen molar-refractivity contribution in [2.75, 3.05) is 6.54 Å². The molecule has 2 N–H and O–H groups in total. The van der Waals surface area contributed by atoms with Crippen LogP contribution in [0.4, 0.5) is 0 Å². The Bertz CT molecular complexity index is 148. The van der Waals surface area contributed by atoms with E-state index in [2.05, 4.69) is 5.32 Å². The molecule has 0 aromatic carbocycles. The van der Waals surface area contributed by atoms with E-state index in [1.807, 2.05) is 0 Å². The van der Waals surface area contributed by atoms with E-state index in [9.17, 15) is 9.90 Å². The van der Waals surface area contributed by atoms with Crippen molar-refractivity contribution in [1.29, 1.82) is 0 Å². The van der Waals surface area contributed by atoms with Gasteiger partial charge in [0.15, 0.2) is 0 Å². The van der Waals surface area contributed by atoms with Gasteiger partial charge in [0.05, 0.1) is 12.1 Å². The molecular formula is C7H13NO2. The van der Waals surface area contributed by atoms with Crippen molar-refractivity contribution in [3.63, 3.8) is 0 Å². The summed E-state index contributed by atoms with van der Waals surface area (Å²) in [6.07, 6.45) is 0.462. The molecule has 0 saturated carbocycles. The Balaban J connectivity index is 2.53. The fraction of sp³-hybridized carbons (Fsp3) is 0.857. The van der Waals surface area contributed by atoms with Crippen LogP contribution in [0, 0.1) is 0 Å². The zero-order valence-corrected chi connectivity index (χ0v) is 6.35.